The monoisotopic (exact) mass is 317 g/mol. The number of alkyl halides is 1. The van der Waals surface area contributed by atoms with E-state index in [1.54, 1.807) is 12.0 Å². The number of ether oxygens (including phenoxy) is 1. The second-order valence-electron chi connectivity index (χ2n) is 4.08. The quantitative estimate of drug-likeness (QED) is 0.784. The van der Waals surface area contributed by atoms with Crippen LogP contribution >= 0.6 is 27.5 Å². The molecule has 1 aliphatic rings. The van der Waals surface area contributed by atoms with E-state index in [0.717, 1.165) is 15.7 Å². The van der Waals surface area contributed by atoms with Gasteiger partial charge >= 0.3 is 0 Å². The Morgan fingerprint density at radius 1 is 1.53 bits per heavy atom. The van der Waals surface area contributed by atoms with Gasteiger partial charge in [-0.1, -0.05) is 15.9 Å². The van der Waals surface area contributed by atoms with Crippen molar-refractivity contribution >= 4 is 39.1 Å². The maximum Gasteiger partial charge on any atom is 0.228 e. The second kappa shape index (κ2) is 4.86. The summed E-state index contributed by atoms with van der Waals surface area (Å²) in [4.78, 5) is 13.5. The van der Waals surface area contributed by atoms with E-state index in [2.05, 4.69) is 15.9 Å². The highest BCUT2D eigenvalue weighted by Crippen LogP contribution is 2.36. The average molecular weight is 319 g/mol. The fourth-order valence-corrected chi connectivity index (χ4v) is 2.51. The number of benzene rings is 1. The first-order chi connectivity index (χ1) is 8.02. The molecule has 1 amide bonds. The number of anilines is 1. The molecule has 0 spiro atoms. The Morgan fingerprint density at radius 2 is 2.24 bits per heavy atom. The number of carbonyl (C=O) groups excluding carboxylic acids is 1. The Balaban J connectivity index is 2.44. The summed E-state index contributed by atoms with van der Waals surface area (Å²) >= 11 is 9.45. The van der Waals surface area contributed by atoms with Crippen LogP contribution in [-0.2, 0) is 4.79 Å². The zero-order valence-electron chi connectivity index (χ0n) is 9.67. The Labute approximate surface area is 114 Å². The largest absolute Gasteiger partial charge is 0.495 e. The Hall–Kier alpha value is -0.740. The third-order valence-corrected chi connectivity index (χ3v) is 3.98. The van der Waals surface area contributed by atoms with Gasteiger partial charge in [0.2, 0.25) is 5.91 Å². The molecule has 1 saturated heterocycles. The molecule has 1 atom stereocenters. The zero-order chi connectivity index (χ0) is 12.6. The summed E-state index contributed by atoms with van der Waals surface area (Å²) in [5.41, 5.74) is 1.85. The third-order valence-electron chi connectivity index (χ3n) is 2.83. The van der Waals surface area contributed by atoms with Crippen LogP contribution in [0.1, 0.15) is 12.0 Å². The normalized spacial score (nSPS) is 19.9. The number of hydrogen-bond acceptors (Lipinski definition) is 2. The molecule has 0 radical (unpaired) electrons. The number of methoxy groups -OCH3 is 1. The molecule has 1 aromatic carbocycles. The SMILES string of the molecule is COc1cc(Br)c(C)cc1N1CC(Cl)CC1=O. The fraction of sp³-hybridized carbons (Fsp3) is 0.417. The molecular formula is C12H13BrClNO2. The van der Waals surface area contributed by atoms with Gasteiger partial charge in [0.05, 0.1) is 18.2 Å². The van der Waals surface area contributed by atoms with Crippen LogP contribution in [0.4, 0.5) is 5.69 Å². The van der Waals surface area contributed by atoms with E-state index in [9.17, 15) is 4.79 Å². The van der Waals surface area contributed by atoms with Gasteiger partial charge in [-0.25, -0.2) is 0 Å². The summed E-state index contributed by atoms with van der Waals surface area (Å²) in [6, 6.07) is 3.81. The second-order valence-corrected chi connectivity index (χ2v) is 5.55. The molecule has 0 aliphatic carbocycles. The van der Waals surface area contributed by atoms with Crippen LogP contribution in [0.2, 0.25) is 0 Å². The molecule has 1 aliphatic heterocycles. The molecule has 0 N–H and O–H groups in total. The van der Waals surface area contributed by atoms with Crippen molar-refractivity contribution in [3.63, 3.8) is 0 Å². The van der Waals surface area contributed by atoms with E-state index in [0.29, 0.717) is 18.7 Å². The standard InChI is InChI=1S/C12H13BrClNO2/c1-7-3-10(11(17-2)5-9(7)13)15-6-8(14)4-12(15)16/h3,5,8H,4,6H2,1-2H3. The molecule has 1 unspecified atom stereocenters. The van der Waals surface area contributed by atoms with Crippen molar-refractivity contribution in [1.82, 2.24) is 0 Å². The zero-order valence-corrected chi connectivity index (χ0v) is 12.0. The van der Waals surface area contributed by atoms with Crippen molar-refractivity contribution in [2.45, 2.75) is 18.7 Å². The highest BCUT2D eigenvalue weighted by Gasteiger charge is 2.31. The first-order valence-electron chi connectivity index (χ1n) is 5.31. The molecule has 17 heavy (non-hydrogen) atoms. The number of hydrogen-bond donors (Lipinski definition) is 0. The van der Waals surface area contributed by atoms with E-state index in [1.165, 1.54) is 0 Å². The number of halogens is 2. The van der Waals surface area contributed by atoms with Gasteiger partial charge < -0.3 is 9.64 Å². The van der Waals surface area contributed by atoms with E-state index < -0.39 is 0 Å². The van der Waals surface area contributed by atoms with Gasteiger partial charge in [0.1, 0.15) is 5.75 Å². The van der Waals surface area contributed by atoms with Crippen molar-refractivity contribution in [3.8, 4) is 5.75 Å². The molecule has 0 bridgehead atoms. The lowest BCUT2D eigenvalue weighted by atomic mass is 10.2. The van der Waals surface area contributed by atoms with Crippen molar-refractivity contribution < 1.29 is 9.53 Å². The molecule has 1 fully saturated rings. The summed E-state index contributed by atoms with van der Waals surface area (Å²) in [5.74, 6) is 0.728. The van der Waals surface area contributed by atoms with Gasteiger partial charge in [-0.2, -0.15) is 0 Å². The summed E-state index contributed by atoms with van der Waals surface area (Å²) < 4.78 is 6.28. The first-order valence-corrected chi connectivity index (χ1v) is 6.54. The number of amides is 1. The summed E-state index contributed by atoms with van der Waals surface area (Å²) in [6.07, 6.45) is 0.389. The maximum absolute atomic E-state index is 11.8. The van der Waals surface area contributed by atoms with Crippen LogP contribution in [0.5, 0.6) is 5.75 Å². The Bertz CT molecular complexity index is 464. The van der Waals surface area contributed by atoms with Crippen LogP contribution in [0.3, 0.4) is 0 Å². The van der Waals surface area contributed by atoms with Gasteiger partial charge in [-0.3, -0.25) is 4.79 Å². The Kier molecular flexibility index (Phi) is 3.64. The number of rotatable bonds is 2. The molecule has 1 aromatic rings. The highest BCUT2D eigenvalue weighted by atomic mass is 79.9. The fourth-order valence-electron chi connectivity index (χ4n) is 1.92. The number of aryl methyl sites for hydroxylation is 1. The van der Waals surface area contributed by atoms with Crippen molar-refractivity contribution in [1.29, 1.82) is 0 Å². The van der Waals surface area contributed by atoms with E-state index in [-0.39, 0.29) is 11.3 Å². The van der Waals surface area contributed by atoms with E-state index in [1.807, 2.05) is 19.1 Å². The summed E-state index contributed by atoms with van der Waals surface area (Å²) in [5, 5.41) is -0.115. The topological polar surface area (TPSA) is 29.5 Å². The van der Waals surface area contributed by atoms with E-state index in [4.69, 9.17) is 16.3 Å². The van der Waals surface area contributed by atoms with Gasteiger partial charge in [0.25, 0.3) is 0 Å². The third kappa shape index (κ3) is 2.43. The lowest BCUT2D eigenvalue weighted by Gasteiger charge is -2.20. The molecule has 92 valence electrons. The molecule has 3 nitrogen and oxygen atoms in total. The lowest BCUT2D eigenvalue weighted by molar-refractivity contribution is -0.117. The van der Waals surface area contributed by atoms with Crippen molar-refractivity contribution in [3.05, 3.63) is 22.2 Å². The van der Waals surface area contributed by atoms with E-state index >= 15 is 0 Å². The van der Waals surface area contributed by atoms with Crippen LogP contribution in [0, 0.1) is 6.92 Å². The lowest BCUT2D eigenvalue weighted by Crippen LogP contribution is -2.25. The summed E-state index contributed by atoms with van der Waals surface area (Å²) in [7, 11) is 1.60. The van der Waals surface area contributed by atoms with Crippen molar-refractivity contribution in [2.24, 2.45) is 0 Å². The minimum atomic E-state index is -0.115. The van der Waals surface area contributed by atoms with Crippen LogP contribution in [-0.4, -0.2) is 24.9 Å². The minimum Gasteiger partial charge on any atom is -0.495 e. The molecule has 0 saturated carbocycles. The first kappa shape index (κ1) is 12.7. The van der Waals surface area contributed by atoms with Crippen LogP contribution in [0.25, 0.3) is 0 Å². The number of nitrogens with zero attached hydrogens (tertiary/aromatic N) is 1. The smallest absolute Gasteiger partial charge is 0.228 e. The predicted molar refractivity (Wildman–Crippen MR) is 72.0 cm³/mol. The van der Waals surface area contributed by atoms with Gasteiger partial charge in [0.15, 0.2) is 0 Å². The molecular weight excluding hydrogens is 305 g/mol. The van der Waals surface area contributed by atoms with Crippen molar-refractivity contribution in [2.75, 3.05) is 18.6 Å². The number of carbonyl (C=O) groups is 1. The molecule has 5 heteroatoms. The van der Waals surface area contributed by atoms with Gasteiger partial charge in [-0.05, 0) is 24.6 Å². The molecule has 0 aromatic heterocycles. The average Bonchev–Trinajstić information content (AvgIpc) is 2.61. The highest BCUT2D eigenvalue weighted by molar-refractivity contribution is 9.10. The van der Waals surface area contributed by atoms with Gasteiger partial charge in [0, 0.05) is 17.4 Å². The molecule has 1 heterocycles. The van der Waals surface area contributed by atoms with Crippen LogP contribution in [0.15, 0.2) is 16.6 Å². The van der Waals surface area contributed by atoms with Gasteiger partial charge in [-0.15, -0.1) is 11.6 Å². The summed E-state index contributed by atoms with van der Waals surface area (Å²) in [6.45, 7) is 2.52. The minimum absolute atomic E-state index is 0.0463. The van der Waals surface area contributed by atoms with Crippen LogP contribution < -0.4 is 9.64 Å². The Morgan fingerprint density at radius 3 is 2.76 bits per heavy atom. The predicted octanol–water partition coefficient (Wildman–Crippen LogP) is 3.11. The molecule has 2 rings (SSSR count). The maximum atomic E-state index is 11.8.